The first-order valence-electron chi connectivity index (χ1n) is 11.1. The van der Waals surface area contributed by atoms with Crippen LogP contribution in [0.25, 0.3) is 17.1 Å². The van der Waals surface area contributed by atoms with Crippen LogP contribution in [-0.4, -0.2) is 33.2 Å². The fourth-order valence-electron chi connectivity index (χ4n) is 3.59. The Bertz CT molecular complexity index is 1410. The fraction of sp³-hybridized carbons (Fsp3) is 0.154. The molecule has 1 aromatic heterocycles. The number of alkyl halides is 3. The van der Waals surface area contributed by atoms with Crippen molar-refractivity contribution in [3.05, 3.63) is 89.2 Å². The lowest BCUT2D eigenvalue weighted by Crippen LogP contribution is -2.24. The van der Waals surface area contributed by atoms with Gasteiger partial charge in [-0.05, 0) is 79.2 Å². The molecule has 1 heterocycles. The van der Waals surface area contributed by atoms with Gasteiger partial charge in [0, 0.05) is 11.3 Å². The largest absolute Gasteiger partial charge is 0.497 e. The molecule has 37 heavy (non-hydrogen) atoms. The molecule has 4 rings (SSSR count). The van der Waals surface area contributed by atoms with Gasteiger partial charge in [0.25, 0.3) is 0 Å². The molecular weight excluding hydrogens is 501 g/mol. The van der Waals surface area contributed by atoms with E-state index < -0.39 is 11.7 Å². The minimum absolute atomic E-state index is 0.349. The summed E-state index contributed by atoms with van der Waals surface area (Å²) in [5.41, 5.74) is 7.01. The Morgan fingerprint density at radius 1 is 1.03 bits per heavy atom. The summed E-state index contributed by atoms with van der Waals surface area (Å²) in [6.07, 6.45) is -1.31. The van der Waals surface area contributed by atoms with Gasteiger partial charge in [-0.3, -0.25) is 5.43 Å². The van der Waals surface area contributed by atoms with Crippen LogP contribution in [0.5, 0.6) is 5.75 Å². The van der Waals surface area contributed by atoms with Gasteiger partial charge < -0.3 is 10.1 Å². The van der Waals surface area contributed by atoms with E-state index in [1.807, 2.05) is 50.2 Å². The van der Waals surface area contributed by atoms with E-state index in [9.17, 15) is 13.2 Å². The number of hydrogen-bond donors (Lipinski definition) is 2. The van der Waals surface area contributed by atoms with E-state index in [-0.39, 0.29) is 0 Å². The van der Waals surface area contributed by atoms with Crippen LogP contribution in [0.4, 0.5) is 18.9 Å². The molecular formula is C26H23F3N6OS. The highest BCUT2D eigenvalue weighted by Crippen LogP contribution is 2.30. The van der Waals surface area contributed by atoms with Crippen LogP contribution in [0.1, 0.15) is 22.3 Å². The van der Waals surface area contributed by atoms with Gasteiger partial charge in [-0.2, -0.15) is 18.3 Å². The number of halogens is 3. The van der Waals surface area contributed by atoms with Crippen molar-refractivity contribution in [1.82, 2.24) is 20.2 Å². The van der Waals surface area contributed by atoms with Gasteiger partial charge in [0.05, 0.1) is 24.6 Å². The summed E-state index contributed by atoms with van der Waals surface area (Å²) in [7, 11) is 1.63. The van der Waals surface area contributed by atoms with E-state index in [0.717, 1.165) is 45.8 Å². The van der Waals surface area contributed by atoms with Crippen molar-refractivity contribution in [3.8, 4) is 22.8 Å². The maximum atomic E-state index is 12.8. The molecule has 7 nitrogen and oxygen atoms in total. The molecule has 0 amide bonds. The molecule has 0 saturated heterocycles. The third-order valence-corrected chi connectivity index (χ3v) is 5.67. The third kappa shape index (κ3) is 6.31. The molecule has 0 spiro atoms. The molecule has 0 aliphatic heterocycles. The van der Waals surface area contributed by atoms with Gasteiger partial charge in [0.1, 0.15) is 12.1 Å². The molecule has 0 aliphatic carbocycles. The third-order valence-electron chi connectivity index (χ3n) is 5.48. The van der Waals surface area contributed by atoms with E-state index in [1.165, 1.54) is 23.1 Å². The van der Waals surface area contributed by atoms with Gasteiger partial charge >= 0.3 is 6.18 Å². The van der Waals surface area contributed by atoms with Gasteiger partial charge in [-0.15, -0.1) is 5.10 Å². The Balaban J connectivity index is 1.36. The zero-order valence-electron chi connectivity index (χ0n) is 20.2. The minimum atomic E-state index is -4.39. The highest BCUT2D eigenvalue weighted by atomic mass is 32.1. The number of anilines is 1. The Morgan fingerprint density at radius 3 is 2.27 bits per heavy atom. The molecule has 190 valence electrons. The van der Waals surface area contributed by atoms with Crippen LogP contribution in [0.2, 0.25) is 0 Å². The summed E-state index contributed by atoms with van der Waals surface area (Å²) >= 11 is 5.34. The number of nitrogens with zero attached hydrogens (tertiary/aromatic N) is 4. The second-order valence-corrected chi connectivity index (χ2v) is 8.55. The normalized spacial score (nSPS) is 11.5. The van der Waals surface area contributed by atoms with Gasteiger partial charge in [-0.1, -0.05) is 24.3 Å². The second kappa shape index (κ2) is 10.8. The minimum Gasteiger partial charge on any atom is -0.497 e. The summed E-state index contributed by atoms with van der Waals surface area (Å²) in [5, 5.41) is 12.0. The number of thiocarbonyl (C=S) groups is 1. The number of benzene rings is 3. The van der Waals surface area contributed by atoms with Crippen LogP contribution in [0, 0.1) is 13.8 Å². The van der Waals surface area contributed by atoms with Crippen molar-refractivity contribution in [2.45, 2.75) is 20.0 Å². The van der Waals surface area contributed by atoms with Crippen LogP contribution >= 0.6 is 12.2 Å². The first-order chi connectivity index (χ1) is 17.6. The number of aryl methyl sites for hydroxylation is 2. The molecule has 3 aromatic carbocycles. The Hall–Kier alpha value is -4.25. The zero-order valence-corrected chi connectivity index (χ0v) is 21.0. The number of methoxy groups -OCH3 is 1. The Labute approximate surface area is 217 Å². The van der Waals surface area contributed by atoms with Crippen molar-refractivity contribution in [1.29, 1.82) is 0 Å². The number of rotatable bonds is 6. The van der Waals surface area contributed by atoms with Crippen LogP contribution in [0.15, 0.2) is 72.1 Å². The first kappa shape index (κ1) is 25.8. The summed E-state index contributed by atoms with van der Waals surface area (Å²) in [5.74, 6) is 1.22. The number of nitrogens with one attached hydrogen (secondary N) is 2. The van der Waals surface area contributed by atoms with Crippen LogP contribution in [-0.2, 0) is 6.18 Å². The monoisotopic (exact) mass is 524 g/mol. The highest BCUT2D eigenvalue weighted by Gasteiger charge is 2.30. The van der Waals surface area contributed by atoms with Crippen molar-refractivity contribution in [3.63, 3.8) is 0 Å². The number of aromatic nitrogens is 3. The number of hydrazone groups is 1. The SMILES string of the molecule is COc1cc(C)c(NC(=S)N/N=C/c2ccc(-c3ncn(-c4ccc(C(F)(F)F)cc4)n3)cc2)c(C)c1. The standard InChI is InChI=1S/C26H23F3N6OS/c1-16-12-22(36-3)13-17(2)23(16)32-25(37)33-31-14-18-4-6-19(7-5-18)24-30-15-35(34-24)21-10-8-20(9-11-21)26(27,28)29/h4-15H,1-3H3,(H2,32,33,37)/b31-14+. The summed E-state index contributed by atoms with van der Waals surface area (Å²) in [6, 6.07) is 15.9. The summed E-state index contributed by atoms with van der Waals surface area (Å²) in [4.78, 5) is 4.26. The number of ether oxygens (including phenoxy) is 1. The average Bonchev–Trinajstić information content (AvgIpc) is 3.36. The Morgan fingerprint density at radius 2 is 1.68 bits per heavy atom. The van der Waals surface area contributed by atoms with Gasteiger partial charge in [0.15, 0.2) is 10.9 Å². The molecule has 0 fully saturated rings. The van der Waals surface area contributed by atoms with E-state index in [4.69, 9.17) is 17.0 Å². The molecule has 0 bridgehead atoms. The quantitative estimate of drug-likeness (QED) is 0.186. The van der Waals surface area contributed by atoms with E-state index in [2.05, 4.69) is 25.9 Å². The van der Waals surface area contributed by atoms with E-state index in [1.54, 1.807) is 13.3 Å². The summed E-state index contributed by atoms with van der Waals surface area (Å²) < 4.78 is 45.0. The zero-order chi connectivity index (χ0) is 26.6. The smallest absolute Gasteiger partial charge is 0.416 e. The lowest BCUT2D eigenvalue weighted by Gasteiger charge is -2.14. The number of hydrogen-bond acceptors (Lipinski definition) is 5. The van der Waals surface area contributed by atoms with Gasteiger partial charge in [0.2, 0.25) is 0 Å². The highest BCUT2D eigenvalue weighted by molar-refractivity contribution is 7.80. The lowest BCUT2D eigenvalue weighted by molar-refractivity contribution is -0.137. The molecule has 0 atom stereocenters. The predicted octanol–water partition coefficient (Wildman–Crippen LogP) is 5.90. The average molecular weight is 525 g/mol. The lowest BCUT2D eigenvalue weighted by atomic mass is 10.1. The molecule has 0 unspecified atom stereocenters. The predicted molar refractivity (Wildman–Crippen MR) is 141 cm³/mol. The maximum absolute atomic E-state index is 12.8. The Kier molecular flexibility index (Phi) is 7.53. The van der Waals surface area contributed by atoms with Gasteiger partial charge in [-0.25, -0.2) is 9.67 Å². The van der Waals surface area contributed by atoms with E-state index >= 15 is 0 Å². The molecule has 11 heteroatoms. The molecule has 0 radical (unpaired) electrons. The van der Waals surface area contributed by atoms with Crippen molar-refractivity contribution in [2.75, 3.05) is 12.4 Å². The fourth-order valence-corrected chi connectivity index (χ4v) is 3.74. The van der Waals surface area contributed by atoms with Crippen LogP contribution < -0.4 is 15.5 Å². The molecule has 0 saturated carbocycles. The first-order valence-corrected chi connectivity index (χ1v) is 11.5. The van der Waals surface area contributed by atoms with Crippen LogP contribution in [0.3, 0.4) is 0 Å². The maximum Gasteiger partial charge on any atom is 0.416 e. The topological polar surface area (TPSA) is 76.4 Å². The van der Waals surface area contributed by atoms with E-state index in [0.29, 0.717) is 16.6 Å². The van der Waals surface area contributed by atoms with Crippen molar-refractivity contribution < 1.29 is 17.9 Å². The molecule has 2 N–H and O–H groups in total. The molecule has 0 aliphatic rings. The summed E-state index contributed by atoms with van der Waals surface area (Å²) in [6.45, 7) is 3.93. The second-order valence-electron chi connectivity index (χ2n) is 8.14. The van der Waals surface area contributed by atoms with Crippen molar-refractivity contribution >= 4 is 29.2 Å². The van der Waals surface area contributed by atoms with Crippen molar-refractivity contribution in [2.24, 2.45) is 5.10 Å². The molecule has 4 aromatic rings.